The van der Waals surface area contributed by atoms with Gasteiger partial charge in [-0.25, -0.2) is 8.78 Å². The summed E-state index contributed by atoms with van der Waals surface area (Å²) in [7, 11) is 0. The molecule has 0 atom stereocenters. The summed E-state index contributed by atoms with van der Waals surface area (Å²) >= 11 is 4.96. The molecule has 0 amide bonds. The van der Waals surface area contributed by atoms with Crippen LogP contribution in [0.25, 0.3) is 10.4 Å². The second kappa shape index (κ2) is 6.08. The van der Waals surface area contributed by atoms with Gasteiger partial charge in [-0.1, -0.05) is 28.1 Å². The lowest BCUT2D eigenvalue weighted by atomic mass is 10.1. The summed E-state index contributed by atoms with van der Waals surface area (Å²) in [6, 6.07) is 15.3. The summed E-state index contributed by atoms with van der Waals surface area (Å²) in [4.78, 5) is 2.13. The Bertz CT molecular complexity index is 763. The molecule has 4 heteroatoms. The zero-order valence-corrected chi connectivity index (χ0v) is 13.3. The van der Waals surface area contributed by atoms with E-state index >= 15 is 0 Å². The molecular formula is C17H11BrF2S. The van der Waals surface area contributed by atoms with Crippen LogP contribution in [0.3, 0.4) is 0 Å². The number of halogens is 3. The summed E-state index contributed by atoms with van der Waals surface area (Å²) in [5.74, 6) is -0.443. The van der Waals surface area contributed by atoms with Gasteiger partial charge in [0.25, 0.3) is 0 Å². The molecule has 1 aromatic heterocycles. The molecule has 3 rings (SSSR count). The zero-order valence-electron chi connectivity index (χ0n) is 10.9. The Morgan fingerprint density at radius 3 is 2.43 bits per heavy atom. The third-order valence-electron chi connectivity index (χ3n) is 3.16. The Balaban J connectivity index is 1.85. The van der Waals surface area contributed by atoms with E-state index < -0.39 is 0 Å². The maximum absolute atomic E-state index is 13.8. The number of benzene rings is 2. The minimum absolute atomic E-state index is 0.199. The molecule has 2 aromatic carbocycles. The molecule has 0 aliphatic heterocycles. The molecule has 0 saturated heterocycles. The molecule has 0 radical (unpaired) electrons. The van der Waals surface area contributed by atoms with Crippen molar-refractivity contribution in [2.24, 2.45) is 0 Å². The Kier molecular flexibility index (Phi) is 4.17. The van der Waals surface area contributed by atoms with Crippen LogP contribution in [0.2, 0.25) is 0 Å². The van der Waals surface area contributed by atoms with Gasteiger partial charge in [0.05, 0.1) is 0 Å². The minimum atomic E-state index is -0.244. The predicted molar refractivity (Wildman–Crippen MR) is 86.6 cm³/mol. The van der Waals surface area contributed by atoms with Gasteiger partial charge in [0.2, 0.25) is 0 Å². The molecule has 0 unspecified atom stereocenters. The van der Waals surface area contributed by atoms with Gasteiger partial charge in [0.15, 0.2) is 0 Å². The number of rotatable bonds is 3. The molecule has 1 heterocycles. The quantitative estimate of drug-likeness (QED) is 0.530. The van der Waals surface area contributed by atoms with E-state index in [1.54, 1.807) is 35.6 Å². The van der Waals surface area contributed by atoms with E-state index in [-0.39, 0.29) is 11.6 Å². The average Bonchev–Trinajstić information content (AvgIpc) is 2.92. The molecule has 0 aliphatic rings. The van der Waals surface area contributed by atoms with Gasteiger partial charge >= 0.3 is 0 Å². The summed E-state index contributed by atoms with van der Waals surface area (Å²) < 4.78 is 27.6. The lowest BCUT2D eigenvalue weighted by Gasteiger charge is -2.02. The standard InChI is InChI=1S/C17H11BrF2S/c18-13-3-7-16(20)12(9-13)10-15-6-8-17(21-15)11-1-4-14(19)5-2-11/h1-9H,10H2. The summed E-state index contributed by atoms with van der Waals surface area (Å²) in [6.45, 7) is 0. The highest BCUT2D eigenvalue weighted by Gasteiger charge is 2.08. The summed E-state index contributed by atoms with van der Waals surface area (Å²) in [6.07, 6.45) is 0.553. The van der Waals surface area contributed by atoms with Crippen LogP contribution in [-0.4, -0.2) is 0 Å². The van der Waals surface area contributed by atoms with Crippen LogP contribution in [0.1, 0.15) is 10.4 Å². The number of thiophene rings is 1. The molecule has 21 heavy (non-hydrogen) atoms. The first-order chi connectivity index (χ1) is 10.1. The van der Waals surface area contributed by atoms with Crippen molar-refractivity contribution in [2.45, 2.75) is 6.42 Å². The molecule has 0 aliphatic carbocycles. The molecule has 0 bridgehead atoms. The van der Waals surface area contributed by atoms with Crippen molar-refractivity contribution in [1.82, 2.24) is 0 Å². The van der Waals surface area contributed by atoms with Crippen molar-refractivity contribution in [3.8, 4) is 10.4 Å². The van der Waals surface area contributed by atoms with Gasteiger partial charge in [-0.05, 0) is 53.6 Å². The molecule has 106 valence electrons. The summed E-state index contributed by atoms with van der Waals surface area (Å²) in [5.41, 5.74) is 1.64. The minimum Gasteiger partial charge on any atom is -0.207 e. The highest BCUT2D eigenvalue weighted by Crippen LogP contribution is 2.30. The molecule has 0 nitrogen and oxygen atoms in total. The van der Waals surface area contributed by atoms with Gasteiger partial charge in [0.1, 0.15) is 11.6 Å². The van der Waals surface area contributed by atoms with Crippen molar-refractivity contribution in [2.75, 3.05) is 0 Å². The SMILES string of the molecule is Fc1ccc(-c2ccc(Cc3cc(Br)ccc3F)s2)cc1. The fourth-order valence-corrected chi connectivity index (χ4v) is 3.55. The largest absolute Gasteiger partial charge is 0.207 e. The highest BCUT2D eigenvalue weighted by molar-refractivity contribution is 9.10. The van der Waals surface area contributed by atoms with E-state index in [9.17, 15) is 8.78 Å². The molecule has 0 fully saturated rings. The second-order valence-electron chi connectivity index (χ2n) is 4.69. The maximum Gasteiger partial charge on any atom is 0.126 e. The van der Waals surface area contributed by atoms with E-state index in [0.717, 1.165) is 19.8 Å². The van der Waals surface area contributed by atoms with Crippen molar-refractivity contribution in [3.05, 3.63) is 81.1 Å². The van der Waals surface area contributed by atoms with E-state index in [2.05, 4.69) is 15.9 Å². The smallest absolute Gasteiger partial charge is 0.126 e. The maximum atomic E-state index is 13.8. The zero-order chi connectivity index (χ0) is 14.8. The van der Waals surface area contributed by atoms with Crippen LogP contribution in [-0.2, 0) is 6.42 Å². The molecule has 0 saturated carbocycles. The number of hydrogen-bond donors (Lipinski definition) is 0. The van der Waals surface area contributed by atoms with Crippen LogP contribution >= 0.6 is 27.3 Å². The highest BCUT2D eigenvalue weighted by atomic mass is 79.9. The van der Waals surface area contributed by atoms with Gasteiger partial charge in [-0.2, -0.15) is 0 Å². The Morgan fingerprint density at radius 1 is 0.905 bits per heavy atom. The first-order valence-electron chi connectivity index (χ1n) is 6.40. The van der Waals surface area contributed by atoms with Crippen LogP contribution in [0.15, 0.2) is 59.1 Å². The number of hydrogen-bond acceptors (Lipinski definition) is 1. The first kappa shape index (κ1) is 14.4. The molecular weight excluding hydrogens is 354 g/mol. The van der Waals surface area contributed by atoms with Gasteiger partial charge < -0.3 is 0 Å². The average molecular weight is 365 g/mol. The van der Waals surface area contributed by atoms with Gasteiger partial charge in [0, 0.05) is 20.6 Å². The normalized spacial score (nSPS) is 10.8. The van der Waals surface area contributed by atoms with Crippen LogP contribution in [0.4, 0.5) is 8.78 Å². The monoisotopic (exact) mass is 364 g/mol. The Labute approximate surface area is 134 Å². The van der Waals surface area contributed by atoms with Crippen molar-refractivity contribution in [1.29, 1.82) is 0 Å². The summed E-state index contributed by atoms with van der Waals surface area (Å²) in [5, 5.41) is 0. The fourth-order valence-electron chi connectivity index (χ4n) is 2.11. The molecule has 0 spiro atoms. The Morgan fingerprint density at radius 2 is 1.67 bits per heavy atom. The fraction of sp³-hybridized carbons (Fsp3) is 0.0588. The van der Waals surface area contributed by atoms with Gasteiger partial charge in [-0.3, -0.25) is 0 Å². The van der Waals surface area contributed by atoms with Crippen molar-refractivity contribution < 1.29 is 8.78 Å². The van der Waals surface area contributed by atoms with Crippen molar-refractivity contribution >= 4 is 27.3 Å². The molecule has 0 N–H and O–H groups in total. The van der Waals surface area contributed by atoms with E-state index in [0.29, 0.717) is 12.0 Å². The second-order valence-corrected chi connectivity index (χ2v) is 6.77. The lowest BCUT2D eigenvalue weighted by molar-refractivity contribution is 0.614. The van der Waals surface area contributed by atoms with Gasteiger partial charge in [-0.15, -0.1) is 11.3 Å². The third kappa shape index (κ3) is 3.39. The predicted octanol–water partition coefficient (Wildman–Crippen LogP) is 6.05. The van der Waals surface area contributed by atoms with E-state index in [1.165, 1.54) is 18.2 Å². The topological polar surface area (TPSA) is 0 Å². The lowest BCUT2D eigenvalue weighted by Crippen LogP contribution is -1.90. The van der Waals surface area contributed by atoms with Crippen LogP contribution in [0.5, 0.6) is 0 Å². The third-order valence-corrected chi connectivity index (χ3v) is 4.79. The van der Waals surface area contributed by atoms with E-state index in [1.807, 2.05) is 12.1 Å². The van der Waals surface area contributed by atoms with Crippen molar-refractivity contribution in [3.63, 3.8) is 0 Å². The first-order valence-corrected chi connectivity index (χ1v) is 8.01. The van der Waals surface area contributed by atoms with E-state index in [4.69, 9.17) is 0 Å². The molecule has 3 aromatic rings. The van der Waals surface area contributed by atoms with Crippen LogP contribution < -0.4 is 0 Å². The Hall–Kier alpha value is -1.52. The van der Waals surface area contributed by atoms with Crippen LogP contribution in [0, 0.1) is 11.6 Å².